The quantitative estimate of drug-likeness (QED) is 0.935. The Morgan fingerprint density at radius 2 is 2.10 bits per heavy atom. The minimum atomic E-state index is -3.18. The zero-order chi connectivity index (χ0) is 14.3. The third-order valence-corrected chi connectivity index (χ3v) is 5.40. The first-order valence-electron chi connectivity index (χ1n) is 6.45. The fraction of sp³-hybridized carbons (Fsp3) is 0.357. The van der Waals surface area contributed by atoms with Crippen molar-refractivity contribution < 1.29 is 12.8 Å². The number of fused-ring (bicyclic) bond motifs is 1. The van der Waals surface area contributed by atoms with Crippen molar-refractivity contribution in [2.24, 2.45) is 0 Å². The SMILES string of the molecule is Cc1nc(CNC2CS(=O)(=O)c3ccccc32)oc1C. The first-order chi connectivity index (χ1) is 9.47. The maximum atomic E-state index is 12.1. The van der Waals surface area contributed by atoms with Crippen LogP contribution in [0.25, 0.3) is 0 Å². The highest BCUT2D eigenvalue weighted by Gasteiger charge is 2.34. The predicted molar refractivity (Wildman–Crippen MR) is 74.1 cm³/mol. The molecule has 0 fully saturated rings. The zero-order valence-corrected chi connectivity index (χ0v) is 12.2. The fourth-order valence-electron chi connectivity index (χ4n) is 2.44. The molecule has 0 spiro atoms. The van der Waals surface area contributed by atoms with Crippen LogP contribution >= 0.6 is 0 Å². The Bertz CT molecular complexity index is 730. The van der Waals surface area contributed by atoms with Crippen molar-refractivity contribution in [1.29, 1.82) is 0 Å². The Kier molecular flexibility index (Phi) is 3.14. The molecule has 20 heavy (non-hydrogen) atoms. The molecule has 1 unspecified atom stereocenters. The van der Waals surface area contributed by atoms with E-state index >= 15 is 0 Å². The van der Waals surface area contributed by atoms with E-state index < -0.39 is 9.84 Å². The van der Waals surface area contributed by atoms with Crippen molar-refractivity contribution in [2.75, 3.05) is 5.75 Å². The molecule has 1 aromatic heterocycles. The molecule has 0 saturated heterocycles. The number of benzene rings is 1. The zero-order valence-electron chi connectivity index (χ0n) is 11.4. The number of aromatic nitrogens is 1. The van der Waals surface area contributed by atoms with Gasteiger partial charge < -0.3 is 9.73 Å². The van der Waals surface area contributed by atoms with E-state index in [0.717, 1.165) is 17.0 Å². The Morgan fingerprint density at radius 1 is 1.35 bits per heavy atom. The maximum Gasteiger partial charge on any atom is 0.208 e. The van der Waals surface area contributed by atoms with Crippen molar-refractivity contribution in [3.63, 3.8) is 0 Å². The second-order valence-corrected chi connectivity index (χ2v) is 7.00. The largest absolute Gasteiger partial charge is 0.444 e. The fourth-order valence-corrected chi connectivity index (χ4v) is 4.22. The summed E-state index contributed by atoms with van der Waals surface area (Å²) in [6, 6.07) is 6.91. The Labute approximate surface area is 117 Å². The van der Waals surface area contributed by atoms with Gasteiger partial charge >= 0.3 is 0 Å². The number of aryl methyl sites for hydroxylation is 2. The summed E-state index contributed by atoms with van der Waals surface area (Å²) in [5, 5.41) is 3.21. The van der Waals surface area contributed by atoms with Gasteiger partial charge in [-0.05, 0) is 25.5 Å². The van der Waals surface area contributed by atoms with Crippen molar-refractivity contribution in [3.8, 4) is 0 Å². The normalized spacial score (nSPS) is 20.0. The van der Waals surface area contributed by atoms with Gasteiger partial charge in [0.15, 0.2) is 9.84 Å². The van der Waals surface area contributed by atoms with Gasteiger partial charge in [0, 0.05) is 6.04 Å². The second-order valence-electron chi connectivity index (χ2n) is 5.00. The van der Waals surface area contributed by atoms with Gasteiger partial charge in [0.25, 0.3) is 0 Å². The minimum absolute atomic E-state index is 0.0883. The van der Waals surface area contributed by atoms with Gasteiger partial charge in [0.2, 0.25) is 5.89 Å². The molecule has 3 rings (SSSR count). The third kappa shape index (κ3) is 2.25. The molecule has 2 aromatic rings. The maximum absolute atomic E-state index is 12.1. The molecule has 0 bridgehead atoms. The Balaban J connectivity index is 1.80. The second kappa shape index (κ2) is 4.71. The number of sulfone groups is 1. The first-order valence-corrected chi connectivity index (χ1v) is 8.10. The van der Waals surface area contributed by atoms with Crippen LogP contribution in [0.15, 0.2) is 33.6 Å². The van der Waals surface area contributed by atoms with Crippen molar-refractivity contribution in [1.82, 2.24) is 10.3 Å². The van der Waals surface area contributed by atoms with Gasteiger partial charge in [-0.25, -0.2) is 13.4 Å². The van der Waals surface area contributed by atoms with Gasteiger partial charge in [-0.3, -0.25) is 0 Å². The Hall–Kier alpha value is -1.66. The van der Waals surface area contributed by atoms with Crippen LogP contribution in [-0.2, 0) is 16.4 Å². The summed E-state index contributed by atoms with van der Waals surface area (Å²) in [4.78, 5) is 4.71. The van der Waals surface area contributed by atoms with Gasteiger partial charge in [-0.15, -0.1) is 0 Å². The summed E-state index contributed by atoms with van der Waals surface area (Å²) >= 11 is 0. The number of hydrogen-bond donors (Lipinski definition) is 1. The lowest BCUT2D eigenvalue weighted by Crippen LogP contribution is -2.22. The van der Waals surface area contributed by atoms with Gasteiger partial charge in [0.05, 0.1) is 22.9 Å². The molecule has 1 aliphatic heterocycles. The van der Waals surface area contributed by atoms with E-state index in [4.69, 9.17) is 4.42 Å². The van der Waals surface area contributed by atoms with Crippen molar-refractivity contribution in [3.05, 3.63) is 47.2 Å². The molecular formula is C14H16N2O3S. The minimum Gasteiger partial charge on any atom is -0.444 e. The lowest BCUT2D eigenvalue weighted by atomic mass is 10.1. The summed E-state index contributed by atoms with van der Waals surface area (Å²) in [5.74, 6) is 1.47. The van der Waals surface area contributed by atoms with E-state index in [0.29, 0.717) is 17.3 Å². The average Bonchev–Trinajstić information content (AvgIpc) is 2.86. The first kappa shape index (κ1) is 13.3. The summed E-state index contributed by atoms with van der Waals surface area (Å²) in [6.45, 7) is 4.17. The van der Waals surface area contributed by atoms with Crippen LogP contribution in [0, 0.1) is 13.8 Å². The lowest BCUT2D eigenvalue weighted by Gasteiger charge is -2.10. The molecule has 0 saturated carbocycles. The van der Waals surface area contributed by atoms with Crippen LogP contribution < -0.4 is 5.32 Å². The van der Waals surface area contributed by atoms with E-state index in [1.54, 1.807) is 12.1 Å². The molecule has 5 nitrogen and oxygen atoms in total. The number of nitrogens with one attached hydrogen (secondary N) is 1. The summed E-state index contributed by atoms with van der Waals surface area (Å²) in [6.07, 6.45) is 0. The van der Waals surface area contributed by atoms with E-state index in [1.807, 2.05) is 26.0 Å². The molecule has 1 atom stereocenters. The molecule has 6 heteroatoms. The molecule has 0 radical (unpaired) electrons. The molecule has 106 valence electrons. The summed E-state index contributed by atoms with van der Waals surface area (Å²) in [5.41, 5.74) is 1.69. The third-order valence-electron chi connectivity index (χ3n) is 3.59. The average molecular weight is 292 g/mol. The number of nitrogens with zero attached hydrogens (tertiary/aromatic N) is 1. The molecule has 1 aromatic carbocycles. The number of rotatable bonds is 3. The topological polar surface area (TPSA) is 72.2 Å². The van der Waals surface area contributed by atoms with Crippen LogP contribution in [0.4, 0.5) is 0 Å². The van der Waals surface area contributed by atoms with E-state index in [2.05, 4.69) is 10.3 Å². The highest BCUT2D eigenvalue weighted by Crippen LogP contribution is 2.33. The van der Waals surface area contributed by atoms with Crippen LogP contribution in [0.1, 0.15) is 29.0 Å². The standard InChI is InChI=1S/C14H16N2O3S/c1-9-10(2)19-14(16-9)7-15-12-8-20(17,18)13-6-4-3-5-11(12)13/h3-6,12,15H,7-8H2,1-2H3. The predicted octanol–water partition coefficient (Wildman–Crippen LogP) is 1.91. The molecule has 0 amide bonds. The smallest absolute Gasteiger partial charge is 0.208 e. The van der Waals surface area contributed by atoms with Gasteiger partial charge in [-0.2, -0.15) is 0 Å². The number of hydrogen-bond acceptors (Lipinski definition) is 5. The van der Waals surface area contributed by atoms with E-state index in [1.165, 1.54) is 0 Å². The summed E-state index contributed by atoms with van der Waals surface area (Å²) in [7, 11) is -3.18. The van der Waals surface area contributed by atoms with E-state index in [-0.39, 0.29) is 11.8 Å². The molecule has 1 aliphatic rings. The van der Waals surface area contributed by atoms with E-state index in [9.17, 15) is 8.42 Å². The monoisotopic (exact) mass is 292 g/mol. The van der Waals surface area contributed by atoms with Crippen LogP contribution in [0.3, 0.4) is 0 Å². The van der Waals surface area contributed by atoms with Crippen molar-refractivity contribution in [2.45, 2.75) is 31.3 Å². The molecular weight excluding hydrogens is 276 g/mol. The van der Waals surface area contributed by atoms with Crippen LogP contribution in [0.5, 0.6) is 0 Å². The van der Waals surface area contributed by atoms with Crippen LogP contribution in [-0.4, -0.2) is 19.2 Å². The van der Waals surface area contributed by atoms with Gasteiger partial charge in [-0.1, -0.05) is 18.2 Å². The van der Waals surface area contributed by atoms with Gasteiger partial charge in [0.1, 0.15) is 5.76 Å². The lowest BCUT2D eigenvalue weighted by molar-refractivity contribution is 0.433. The molecule has 0 aliphatic carbocycles. The molecule has 1 N–H and O–H groups in total. The summed E-state index contributed by atoms with van der Waals surface area (Å²) < 4.78 is 29.6. The van der Waals surface area contributed by atoms with Crippen molar-refractivity contribution >= 4 is 9.84 Å². The highest BCUT2D eigenvalue weighted by atomic mass is 32.2. The number of oxazole rings is 1. The highest BCUT2D eigenvalue weighted by molar-refractivity contribution is 7.91. The molecule has 2 heterocycles. The van der Waals surface area contributed by atoms with Crippen LogP contribution in [0.2, 0.25) is 0 Å². The Morgan fingerprint density at radius 3 is 2.80 bits per heavy atom.